The lowest BCUT2D eigenvalue weighted by atomic mass is 10.2. The molecule has 2 aromatic rings. The molecule has 162 valence electrons. The van der Waals surface area contributed by atoms with Gasteiger partial charge in [-0.1, -0.05) is 6.07 Å². The molecule has 1 unspecified atom stereocenters. The Morgan fingerprint density at radius 1 is 1.20 bits per heavy atom. The van der Waals surface area contributed by atoms with Crippen molar-refractivity contribution in [1.82, 2.24) is 4.90 Å². The zero-order valence-electron chi connectivity index (χ0n) is 17.3. The molecule has 0 saturated heterocycles. The predicted molar refractivity (Wildman–Crippen MR) is 113 cm³/mol. The summed E-state index contributed by atoms with van der Waals surface area (Å²) >= 11 is 0. The second-order valence-electron chi connectivity index (χ2n) is 7.16. The van der Waals surface area contributed by atoms with Crippen LogP contribution >= 0.6 is 0 Å². The molecule has 1 heterocycles. The van der Waals surface area contributed by atoms with Gasteiger partial charge < -0.3 is 19.5 Å². The van der Waals surface area contributed by atoms with E-state index in [0.717, 1.165) is 6.26 Å². The lowest BCUT2D eigenvalue weighted by Crippen LogP contribution is -2.40. The number of carbonyl (C=O) groups is 1. The van der Waals surface area contributed by atoms with Crippen molar-refractivity contribution in [3.8, 4) is 17.2 Å². The van der Waals surface area contributed by atoms with Gasteiger partial charge in [0.2, 0.25) is 12.7 Å². The van der Waals surface area contributed by atoms with Crippen molar-refractivity contribution in [3.05, 3.63) is 42.5 Å². The Morgan fingerprint density at radius 3 is 2.73 bits per heavy atom. The number of fused-ring (bicyclic) bond motifs is 1. The highest BCUT2D eigenvalue weighted by Gasteiger charge is 2.19. The molecule has 1 N–H and O–H groups in total. The molecule has 30 heavy (non-hydrogen) atoms. The lowest BCUT2D eigenvalue weighted by Gasteiger charge is -2.24. The Morgan fingerprint density at radius 2 is 1.97 bits per heavy atom. The van der Waals surface area contributed by atoms with Gasteiger partial charge in [0.05, 0.1) is 17.5 Å². The quantitative estimate of drug-likeness (QED) is 0.606. The largest absolute Gasteiger partial charge is 0.494 e. The van der Waals surface area contributed by atoms with Crippen molar-refractivity contribution in [2.24, 2.45) is 0 Å². The maximum absolute atomic E-state index is 12.5. The van der Waals surface area contributed by atoms with Gasteiger partial charge >= 0.3 is 0 Å². The normalized spacial score (nSPS) is 13.9. The smallest absolute Gasteiger partial charge is 0.241 e. The average molecular weight is 435 g/mol. The summed E-state index contributed by atoms with van der Waals surface area (Å²) in [6, 6.07) is 11.4. The van der Waals surface area contributed by atoms with E-state index in [1.54, 1.807) is 30.3 Å². The van der Waals surface area contributed by atoms with Crippen LogP contribution in [0, 0.1) is 0 Å². The highest BCUT2D eigenvalue weighted by Crippen LogP contribution is 2.34. The topological polar surface area (TPSA) is 94.2 Å². The molecular formula is C21H26N2O6S. The summed E-state index contributed by atoms with van der Waals surface area (Å²) in [6.45, 7) is 3.07. The van der Waals surface area contributed by atoms with Gasteiger partial charge in [-0.2, -0.15) is 0 Å². The first-order valence-electron chi connectivity index (χ1n) is 9.58. The number of benzene rings is 2. The molecule has 1 amide bonds. The highest BCUT2D eigenvalue weighted by atomic mass is 32.2. The van der Waals surface area contributed by atoms with Crippen LogP contribution in [0.4, 0.5) is 5.69 Å². The molecule has 1 atom stereocenters. The number of rotatable bonds is 9. The number of sulfone groups is 1. The fourth-order valence-electron chi connectivity index (χ4n) is 2.91. The molecule has 0 radical (unpaired) electrons. The number of ether oxygens (including phenoxy) is 3. The summed E-state index contributed by atoms with van der Waals surface area (Å²) in [4.78, 5) is 14.7. The highest BCUT2D eigenvalue weighted by molar-refractivity contribution is 7.90. The van der Waals surface area contributed by atoms with Gasteiger partial charge in [0, 0.05) is 24.6 Å². The third-order valence-electron chi connectivity index (χ3n) is 4.84. The first-order valence-corrected chi connectivity index (χ1v) is 11.5. The number of hydrogen-bond acceptors (Lipinski definition) is 7. The summed E-state index contributed by atoms with van der Waals surface area (Å²) in [5.41, 5.74) is 0.651. The second-order valence-corrected chi connectivity index (χ2v) is 9.18. The molecule has 1 aliphatic heterocycles. The van der Waals surface area contributed by atoms with Gasteiger partial charge in [0.25, 0.3) is 0 Å². The summed E-state index contributed by atoms with van der Waals surface area (Å²) in [7, 11) is -1.40. The Bertz CT molecular complexity index is 1010. The van der Waals surface area contributed by atoms with Crippen LogP contribution in [0.2, 0.25) is 0 Å². The van der Waals surface area contributed by atoms with E-state index < -0.39 is 9.84 Å². The minimum Gasteiger partial charge on any atom is -0.494 e. The van der Waals surface area contributed by atoms with Crippen molar-refractivity contribution in [2.75, 3.05) is 38.6 Å². The van der Waals surface area contributed by atoms with Crippen LogP contribution < -0.4 is 19.5 Å². The Hall–Kier alpha value is -2.78. The van der Waals surface area contributed by atoms with Crippen molar-refractivity contribution >= 4 is 21.4 Å². The third kappa shape index (κ3) is 5.64. The number of carbonyl (C=O) groups excluding carboxylic acids is 1. The summed E-state index contributed by atoms with van der Waals surface area (Å²) in [6.07, 6.45) is 1.85. The standard InChI is InChI=1S/C21H26N2O6S/c1-15(21(24)22-16-8-9-19-20(12-16)29-14-28-19)23(2)10-5-11-27-17-6-4-7-18(13-17)30(3,25)26/h4,6-9,12-13,15H,5,10-11,14H2,1-3H3,(H,22,24). The minimum absolute atomic E-state index is 0.127. The SMILES string of the molecule is CC(C(=O)Nc1ccc2c(c1)OCO2)N(C)CCCOc1cccc(S(C)(=O)=O)c1. The van der Waals surface area contributed by atoms with Gasteiger partial charge in [-0.05, 0) is 50.7 Å². The predicted octanol–water partition coefficient (Wildman–Crippen LogP) is 2.55. The molecule has 0 fully saturated rings. The van der Waals surface area contributed by atoms with Crippen LogP contribution in [0.15, 0.2) is 47.4 Å². The Labute approximate surface area is 176 Å². The summed E-state index contributed by atoms with van der Waals surface area (Å²) in [5, 5.41) is 2.88. The first kappa shape index (κ1) is 21.9. The van der Waals surface area contributed by atoms with E-state index >= 15 is 0 Å². The number of amides is 1. The molecule has 8 nitrogen and oxygen atoms in total. The van der Waals surface area contributed by atoms with Crippen molar-refractivity contribution < 1.29 is 27.4 Å². The Balaban J connectivity index is 1.44. The number of hydrogen-bond donors (Lipinski definition) is 1. The van der Waals surface area contributed by atoms with Crippen molar-refractivity contribution in [3.63, 3.8) is 0 Å². The fourth-order valence-corrected chi connectivity index (χ4v) is 3.57. The molecule has 2 aromatic carbocycles. The average Bonchev–Trinajstić information content (AvgIpc) is 3.18. The second kappa shape index (κ2) is 9.36. The number of anilines is 1. The zero-order valence-corrected chi connectivity index (χ0v) is 18.1. The molecular weight excluding hydrogens is 408 g/mol. The van der Waals surface area contributed by atoms with Crippen LogP contribution in [-0.4, -0.2) is 58.5 Å². The van der Waals surface area contributed by atoms with Crippen molar-refractivity contribution in [2.45, 2.75) is 24.3 Å². The van der Waals surface area contributed by atoms with Gasteiger partial charge in [0.1, 0.15) is 5.75 Å². The monoisotopic (exact) mass is 434 g/mol. The van der Waals surface area contributed by atoms with Gasteiger partial charge in [-0.15, -0.1) is 0 Å². The van der Waals surface area contributed by atoms with E-state index in [4.69, 9.17) is 14.2 Å². The first-order chi connectivity index (χ1) is 14.2. The van der Waals surface area contributed by atoms with E-state index in [-0.39, 0.29) is 23.6 Å². The van der Waals surface area contributed by atoms with Gasteiger partial charge in [-0.3, -0.25) is 9.69 Å². The molecule has 0 spiro atoms. The minimum atomic E-state index is -3.27. The Kier molecular flexibility index (Phi) is 6.84. The molecule has 9 heteroatoms. The van der Waals surface area contributed by atoms with Crippen molar-refractivity contribution in [1.29, 1.82) is 0 Å². The van der Waals surface area contributed by atoms with E-state index in [1.165, 1.54) is 12.1 Å². The number of likely N-dealkylation sites (N-methyl/N-ethyl adjacent to an activating group) is 1. The molecule has 0 bridgehead atoms. The van der Waals surface area contributed by atoms with E-state index in [2.05, 4.69) is 5.32 Å². The summed E-state index contributed by atoms with van der Waals surface area (Å²) < 4.78 is 39.5. The number of nitrogens with one attached hydrogen (secondary N) is 1. The lowest BCUT2D eigenvalue weighted by molar-refractivity contribution is -0.120. The molecule has 3 rings (SSSR count). The molecule has 1 aliphatic rings. The third-order valence-corrected chi connectivity index (χ3v) is 5.95. The maximum atomic E-state index is 12.5. The molecule has 0 saturated carbocycles. The van der Waals surface area contributed by atoms with Gasteiger partial charge in [-0.25, -0.2) is 8.42 Å². The maximum Gasteiger partial charge on any atom is 0.241 e. The molecule has 0 aliphatic carbocycles. The van der Waals surface area contributed by atoms with E-state index in [9.17, 15) is 13.2 Å². The van der Waals surface area contributed by atoms with Crippen LogP contribution in [-0.2, 0) is 14.6 Å². The van der Waals surface area contributed by atoms with Crippen LogP contribution in [0.5, 0.6) is 17.2 Å². The zero-order chi connectivity index (χ0) is 21.7. The summed E-state index contributed by atoms with van der Waals surface area (Å²) in [5.74, 6) is 1.67. The fraction of sp³-hybridized carbons (Fsp3) is 0.381. The van der Waals surface area contributed by atoms with E-state index in [1.807, 2.05) is 18.9 Å². The van der Waals surface area contributed by atoms with Crippen LogP contribution in [0.25, 0.3) is 0 Å². The van der Waals surface area contributed by atoms with Gasteiger partial charge in [0.15, 0.2) is 21.3 Å². The number of nitrogens with zero attached hydrogens (tertiary/aromatic N) is 1. The van der Waals surface area contributed by atoms with Crippen LogP contribution in [0.3, 0.4) is 0 Å². The van der Waals surface area contributed by atoms with E-state index in [0.29, 0.717) is 42.5 Å². The van der Waals surface area contributed by atoms with Crippen LogP contribution in [0.1, 0.15) is 13.3 Å². The molecule has 0 aromatic heterocycles.